The molecule has 0 amide bonds. The molecule has 0 bridgehead atoms. The van der Waals surface area contributed by atoms with E-state index in [9.17, 15) is 4.91 Å². The summed E-state index contributed by atoms with van der Waals surface area (Å²) in [7, 11) is 0. The standard InChI is InChI=1S/C9H8BrN2O/c1-6-5-12(13)11-9-3-2-7(10)4-8(6)9/h2-5H,1H3,(H,11,13)/q+1. The van der Waals surface area contributed by atoms with Crippen molar-refractivity contribution in [2.24, 2.45) is 0 Å². The van der Waals surface area contributed by atoms with Crippen molar-refractivity contribution in [1.29, 1.82) is 0 Å². The fraction of sp³-hybridized carbons (Fsp3) is 0.111. The first-order chi connectivity index (χ1) is 6.16. The smallest absolute Gasteiger partial charge is 0.114 e. The van der Waals surface area contributed by atoms with Crippen LogP contribution in [-0.2, 0) is 0 Å². The zero-order valence-electron chi connectivity index (χ0n) is 7.04. The monoisotopic (exact) mass is 239 g/mol. The zero-order chi connectivity index (χ0) is 9.42. The van der Waals surface area contributed by atoms with E-state index in [1.807, 2.05) is 25.1 Å². The molecular formula is C9H8BrN2O+. The maximum atomic E-state index is 11.0. The van der Waals surface area contributed by atoms with Crippen LogP contribution in [0.25, 0.3) is 10.9 Å². The second kappa shape index (κ2) is 2.96. The van der Waals surface area contributed by atoms with Crippen molar-refractivity contribution in [2.75, 3.05) is 0 Å². The highest BCUT2D eigenvalue weighted by Crippen LogP contribution is 2.19. The van der Waals surface area contributed by atoms with E-state index in [0.717, 1.165) is 20.9 Å². The fourth-order valence-corrected chi connectivity index (χ4v) is 1.70. The summed E-state index contributed by atoms with van der Waals surface area (Å²) in [5.41, 5.74) is 1.81. The van der Waals surface area contributed by atoms with Gasteiger partial charge in [0.25, 0.3) is 6.20 Å². The Morgan fingerprint density at radius 2 is 2.23 bits per heavy atom. The minimum absolute atomic E-state index is 0.714. The normalized spacial score (nSPS) is 10.6. The minimum Gasteiger partial charge on any atom is -0.114 e. The number of nitrogens with zero attached hydrogens (tertiary/aromatic N) is 1. The minimum atomic E-state index is 0.714. The summed E-state index contributed by atoms with van der Waals surface area (Å²) in [6, 6.07) is 5.76. The summed E-state index contributed by atoms with van der Waals surface area (Å²) in [5.74, 6) is 0. The van der Waals surface area contributed by atoms with E-state index in [2.05, 4.69) is 21.0 Å². The number of hydrogen-bond acceptors (Lipinski definition) is 1. The first-order valence-corrected chi connectivity index (χ1v) is 4.67. The maximum absolute atomic E-state index is 11.0. The molecular weight excluding hydrogens is 232 g/mol. The molecule has 0 unspecified atom stereocenters. The van der Waals surface area contributed by atoms with Crippen LogP contribution in [0.2, 0.25) is 0 Å². The van der Waals surface area contributed by atoms with Crippen molar-refractivity contribution in [2.45, 2.75) is 6.92 Å². The lowest BCUT2D eigenvalue weighted by atomic mass is 10.1. The van der Waals surface area contributed by atoms with Crippen LogP contribution in [0.3, 0.4) is 0 Å². The van der Waals surface area contributed by atoms with Gasteiger partial charge in [-0.05, 0) is 25.1 Å². The van der Waals surface area contributed by atoms with Gasteiger partial charge in [-0.1, -0.05) is 15.9 Å². The van der Waals surface area contributed by atoms with Gasteiger partial charge >= 0.3 is 0 Å². The number of fused-ring (bicyclic) bond motifs is 1. The molecule has 0 fully saturated rings. The number of nitrogens with one attached hydrogen (secondary N) is 1. The molecule has 0 spiro atoms. The third-order valence-electron chi connectivity index (χ3n) is 1.95. The van der Waals surface area contributed by atoms with Gasteiger partial charge in [0.2, 0.25) is 0 Å². The highest BCUT2D eigenvalue weighted by atomic mass is 79.9. The molecule has 2 aromatic rings. The summed E-state index contributed by atoms with van der Waals surface area (Å²) >= 11 is 3.39. The van der Waals surface area contributed by atoms with Crippen LogP contribution < -0.4 is 4.54 Å². The molecule has 66 valence electrons. The Morgan fingerprint density at radius 3 is 3.00 bits per heavy atom. The Balaban J connectivity index is 2.95. The summed E-state index contributed by atoms with van der Waals surface area (Å²) in [6.07, 6.45) is 1.52. The van der Waals surface area contributed by atoms with E-state index >= 15 is 0 Å². The van der Waals surface area contributed by atoms with Crippen molar-refractivity contribution in [3.8, 4) is 0 Å². The molecule has 1 N–H and O–H groups in total. The van der Waals surface area contributed by atoms with Crippen LogP contribution in [-0.4, -0.2) is 5.10 Å². The van der Waals surface area contributed by atoms with Crippen molar-refractivity contribution in [3.05, 3.63) is 39.3 Å². The van der Waals surface area contributed by atoms with Crippen LogP contribution >= 0.6 is 15.9 Å². The van der Waals surface area contributed by atoms with Gasteiger partial charge < -0.3 is 0 Å². The number of rotatable bonds is 0. The molecule has 4 heteroatoms. The number of aromatic amines is 1. The van der Waals surface area contributed by atoms with Gasteiger partial charge in [0, 0.05) is 15.4 Å². The first kappa shape index (κ1) is 8.44. The number of aromatic nitrogens is 2. The van der Waals surface area contributed by atoms with Crippen molar-refractivity contribution in [3.63, 3.8) is 0 Å². The Bertz CT molecular complexity index is 518. The number of H-pyrrole nitrogens is 1. The van der Waals surface area contributed by atoms with Gasteiger partial charge in [-0.25, -0.2) is 0 Å². The van der Waals surface area contributed by atoms with Gasteiger partial charge in [-0.3, -0.25) is 0 Å². The summed E-state index contributed by atoms with van der Waals surface area (Å²) in [6.45, 7) is 1.91. The van der Waals surface area contributed by atoms with Crippen LogP contribution in [0.1, 0.15) is 5.56 Å². The highest BCUT2D eigenvalue weighted by molar-refractivity contribution is 9.10. The Morgan fingerprint density at radius 1 is 1.46 bits per heavy atom. The Kier molecular flexibility index (Phi) is 1.92. The SMILES string of the molecule is Cc1c[n+](=O)[nH]c2ccc(Br)cc12. The largest absolute Gasteiger partial charge is 0.260 e. The van der Waals surface area contributed by atoms with E-state index in [1.165, 1.54) is 6.20 Å². The maximum Gasteiger partial charge on any atom is 0.260 e. The highest BCUT2D eigenvalue weighted by Gasteiger charge is 2.04. The van der Waals surface area contributed by atoms with Crippen molar-refractivity contribution in [1.82, 2.24) is 5.10 Å². The van der Waals surface area contributed by atoms with Crippen LogP contribution in [0.4, 0.5) is 0 Å². The lowest BCUT2D eigenvalue weighted by molar-refractivity contribution is -0.561. The van der Waals surface area contributed by atoms with E-state index in [0.29, 0.717) is 4.54 Å². The molecule has 0 saturated heterocycles. The zero-order valence-corrected chi connectivity index (χ0v) is 8.63. The predicted octanol–water partition coefficient (Wildman–Crippen LogP) is 2.15. The molecule has 1 aromatic heterocycles. The molecule has 0 aliphatic rings. The molecule has 1 heterocycles. The summed E-state index contributed by atoms with van der Waals surface area (Å²) < 4.78 is 1.73. The van der Waals surface area contributed by atoms with Crippen LogP contribution in [0, 0.1) is 11.8 Å². The molecule has 2 rings (SSSR count). The summed E-state index contributed by atoms with van der Waals surface area (Å²) in [4.78, 5) is 11.0. The molecule has 0 radical (unpaired) electrons. The van der Waals surface area contributed by atoms with Crippen molar-refractivity contribution < 1.29 is 4.54 Å². The number of hydrogen-bond donors (Lipinski definition) is 1. The van der Waals surface area contributed by atoms with Crippen molar-refractivity contribution >= 4 is 26.8 Å². The van der Waals surface area contributed by atoms with Gasteiger partial charge in [-0.15, -0.1) is 5.10 Å². The van der Waals surface area contributed by atoms with Gasteiger partial charge in [-0.2, -0.15) is 0 Å². The average molecular weight is 240 g/mol. The predicted molar refractivity (Wildman–Crippen MR) is 54.1 cm³/mol. The van der Waals surface area contributed by atoms with Gasteiger partial charge in [0.1, 0.15) is 5.52 Å². The molecule has 13 heavy (non-hydrogen) atoms. The quantitative estimate of drug-likeness (QED) is 0.704. The van der Waals surface area contributed by atoms with E-state index in [1.54, 1.807) is 0 Å². The van der Waals surface area contributed by atoms with E-state index in [-0.39, 0.29) is 0 Å². The fourth-order valence-electron chi connectivity index (χ4n) is 1.34. The summed E-state index contributed by atoms with van der Waals surface area (Å²) in [5, 5.41) is 3.75. The third-order valence-corrected chi connectivity index (χ3v) is 2.44. The molecule has 0 atom stereocenters. The van der Waals surface area contributed by atoms with Crippen LogP contribution in [0.15, 0.2) is 28.9 Å². The van der Waals surface area contributed by atoms with E-state index < -0.39 is 0 Å². The number of benzene rings is 1. The number of aryl methyl sites for hydroxylation is 1. The van der Waals surface area contributed by atoms with Gasteiger partial charge in [0.15, 0.2) is 4.54 Å². The molecule has 3 nitrogen and oxygen atoms in total. The Labute approximate surface area is 83.1 Å². The first-order valence-electron chi connectivity index (χ1n) is 3.88. The third kappa shape index (κ3) is 1.49. The molecule has 0 aliphatic heterocycles. The molecule has 0 saturated carbocycles. The lowest BCUT2D eigenvalue weighted by Gasteiger charge is -1.96. The average Bonchev–Trinajstić information content (AvgIpc) is 2.06. The second-order valence-corrected chi connectivity index (χ2v) is 3.86. The second-order valence-electron chi connectivity index (χ2n) is 2.94. The van der Waals surface area contributed by atoms with Gasteiger partial charge in [0.05, 0.1) is 4.91 Å². The topological polar surface area (TPSA) is 38.8 Å². The van der Waals surface area contributed by atoms with E-state index in [4.69, 9.17) is 0 Å². The lowest BCUT2D eigenvalue weighted by Crippen LogP contribution is -2.18. The Hall–Kier alpha value is -1.16. The van der Waals surface area contributed by atoms with Crippen LogP contribution in [0.5, 0.6) is 0 Å². The molecule has 0 aliphatic carbocycles. The molecule has 1 aromatic carbocycles. The number of halogens is 1.